The number of esters is 1. The number of para-hydroxylation sites is 1. The minimum Gasteiger partial charge on any atom is -0.456 e. The summed E-state index contributed by atoms with van der Waals surface area (Å²) in [5, 5.41) is 3.13. The van der Waals surface area contributed by atoms with E-state index >= 15 is 0 Å². The van der Waals surface area contributed by atoms with Gasteiger partial charge in [-0.25, -0.2) is 4.98 Å². The van der Waals surface area contributed by atoms with Crippen molar-refractivity contribution in [3.63, 3.8) is 0 Å². The summed E-state index contributed by atoms with van der Waals surface area (Å²) < 4.78 is 5.79. The normalized spacial score (nSPS) is 10.6. The Hall–Kier alpha value is -3.00. The Bertz CT molecular complexity index is 1050. The molecule has 0 aliphatic heterocycles. The number of benzene rings is 2. The van der Waals surface area contributed by atoms with Crippen LogP contribution in [-0.4, -0.2) is 28.5 Å². The van der Waals surface area contributed by atoms with Crippen molar-refractivity contribution in [1.29, 1.82) is 0 Å². The minimum atomic E-state index is -0.546. The molecule has 0 saturated heterocycles. The molecule has 0 saturated carbocycles. The highest BCUT2D eigenvalue weighted by atomic mass is 79.9. The quantitative estimate of drug-likeness (QED) is 0.586. The van der Waals surface area contributed by atoms with Crippen LogP contribution in [0.25, 0.3) is 10.9 Å². The van der Waals surface area contributed by atoms with E-state index in [1.165, 1.54) is 0 Å². The van der Waals surface area contributed by atoms with Gasteiger partial charge in [0.05, 0.1) is 17.3 Å². The maximum Gasteiger partial charge on any atom is 0.306 e. The number of amides is 1. The molecule has 0 aliphatic rings. The van der Waals surface area contributed by atoms with Crippen molar-refractivity contribution in [3.8, 4) is 0 Å². The van der Waals surface area contributed by atoms with Crippen LogP contribution < -0.4 is 10.9 Å². The van der Waals surface area contributed by atoms with Gasteiger partial charge >= 0.3 is 5.97 Å². The monoisotopic (exact) mass is 429 g/mol. The molecule has 0 bridgehead atoms. The number of ether oxygens (including phenoxy) is 1. The van der Waals surface area contributed by atoms with Crippen LogP contribution in [0.1, 0.15) is 12.2 Å². The van der Waals surface area contributed by atoms with E-state index in [2.05, 4.69) is 31.2 Å². The maximum absolute atomic E-state index is 12.0. The van der Waals surface area contributed by atoms with Crippen LogP contribution in [0.2, 0.25) is 0 Å². The van der Waals surface area contributed by atoms with Gasteiger partial charge in [0, 0.05) is 16.6 Å². The first-order valence-corrected chi connectivity index (χ1v) is 8.99. The van der Waals surface area contributed by atoms with E-state index in [-0.39, 0.29) is 25.0 Å². The summed E-state index contributed by atoms with van der Waals surface area (Å²) >= 11 is 3.31. The highest BCUT2D eigenvalue weighted by Crippen LogP contribution is 2.15. The largest absolute Gasteiger partial charge is 0.456 e. The molecule has 0 spiro atoms. The van der Waals surface area contributed by atoms with Crippen LogP contribution in [0.5, 0.6) is 0 Å². The number of fused-ring (bicyclic) bond motifs is 1. The zero-order valence-electron chi connectivity index (χ0n) is 14.2. The predicted octanol–water partition coefficient (Wildman–Crippen LogP) is 2.80. The number of carbonyl (C=O) groups is 2. The van der Waals surface area contributed by atoms with E-state index in [1.807, 2.05) is 6.07 Å². The zero-order chi connectivity index (χ0) is 19.2. The number of carbonyl (C=O) groups excluding carboxylic acids is 2. The van der Waals surface area contributed by atoms with Gasteiger partial charge in [-0.1, -0.05) is 34.1 Å². The molecule has 1 heterocycles. The molecule has 8 heteroatoms. The second-order valence-corrected chi connectivity index (χ2v) is 6.66. The minimum absolute atomic E-state index is 0.00540. The highest BCUT2D eigenvalue weighted by molar-refractivity contribution is 9.10. The fraction of sp³-hybridized carbons (Fsp3) is 0.158. The third kappa shape index (κ3) is 5.24. The van der Waals surface area contributed by atoms with E-state index in [0.29, 0.717) is 22.4 Å². The van der Waals surface area contributed by atoms with Crippen LogP contribution >= 0.6 is 15.9 Å². The van der Waals surface area contributed by atoms with Crippen molar-refractivity contribution < 1.29 is 14.3 Å². The summed E-state index contributed by atoms with van der Waals surface area (Å²) in [4.78, 5) is 42.6. The molecule has 27 heavy (non-hydrogen) atoms. The Morgan fingerprint density at radius 2 is 1.96 bits per heavy atom. The molecule has 0 fully saturated rings. The Labute approximate surface area is 162 Å². The van der Waals surface area contributed by atoms with Gasteiger partial charge in [0.15, 0.2) is 6.61 Å². The van der Waals surface area contributed by atoms with Gasteiger partial charge in [-0.15, -0.1) is 0 Å². The summed E-state index contributed by atoms with van der Waals surface area (Å²) in [7, 11) is 0. The topological polar surface area (TPSA) is 101 Å². The van der Waals surface area contributed by atoms with Crippen LogP contribution in [0.15, 0.2) is 57.8 Å². The van der Waals surface area contributed by atoms with E-state index in [9.17, 15) is 14.4 Å². The molecule has 0 radical (unpaired) electrons. The lowest BCUT2D eigenvalue weighted by Crippen LogP contribution is -2.21. The first kappa shape index (κ1) is 18.8. The first-order chi connectivity index (χ1) is 13.0. The van der Waals surface area contributed by atoms with Gasteiger partial charge in [-0.05, 0) is 30.3 Å². The molecule has 0 aliphatic carbocycles. The highest BCUT2D eigenvalue weighted by Gasteiger charge is 2.10. The van der Waals surface area contributed by atoms with Crippen LogP contribution in [0.3, 0.4) is 0 Å². The molecule has 3 rings (SSSR count). The summed E-state index contributed by atoms with van der Waals surface area (Å²) in [6, 6.07) is 14.0. The van der Waals surface area contributed by atoms with Crippen molar-refractivity contribution in [3.05, 3.63) is 69.2 Å². The van der Waals surface area contributed by atoms with Gasteiger partial charge in [-0.3, -0.25) is 14.4 Å². The molecular formula is C19H16BrN3O4. The number of rotatable bonds is 6. The molecule has 1 aromatic heterocycles. The molecular weight excluding hydrogens is 414 g/mol. The van der Waals surface area contributed by atoms with Crippen molar-refractivity contribution >= 4 is 44.4 Å². The average Bonchev–Trinajstić information content (AvgIpc) is 2.65. The number of nitrogens with zero attached hydrogens (tertiary/aromatic N) is 1. The van der Waals surface area contributed by atoms with Crippen LogP contribution in [-0.2, 0) is 20.7 Å². The number of halogens is 1. The van der Waals surface area contributed by atoms with Gasteiger partial charge in [0.1, 0.15) is 5.82 Å². The Morgan fingerprint density at radius 1 is 1.15 bits per heavy atom. The number of aromatic amines is 1. The lowest BCUT2D eigenvalue weighted by atomic mass is 10.2. The number of hydrogen-bond donors (Lipinski definition) is 2. The molecule has 138 valence electrons. The summed E-state index contributed by atoms with van der Waals surface area (Å²) in [5.74, 6) is -0.580. The molecule has 0 atom stereocenters. The second-order valence-electron chi connectivity index (χ2n) is 5.75. The number of H-pyrrole nitrogens is 1. The molecule has 2 aromatic carbocycles. The first-order valence-electron chi connectivity index (χ1n) is 8.20. The number of nitrogens with one attached hydrogen (secondary N) is 2. The van der Waals surface area contributed by atoms with Crippen molar-refractivity contribution in [2.24, 2.45) is 0 Å². The molecule has 0 unspecified atom stereocenters. The third-order valence-electron chi connectivity index (χ3n) is 3.70. The fourth-order valence-corrected chi connectivity index (χ4v) is 2.85. The lowest BCUT2D eigenvalue weighted by Gasteiger charge is -2.07. The third-order valence-corrected chi connectivity index (χ3v) is 4.19. The van der Waals surface area contributed by atoms with Crippen molar-refractivity contribution in [1.82, 2.24) is 9.97 Å². The van der Waals surface area contributed by atoms with Crippen LogP contribution in [0, 0.1) is 0 Å². The SMILES string of the molecule is O=C(COC(=O)CCc1nc2ccccc2c(=O)[nH]1)Nc1cccc(Br)c1. The second kappa shape index (κ2) is 8.59. The van der Waals surface area contributed by atoms with Gasteiger partial charge < -0.3 is 15.0 Å². The number of aryl methyl sites for hydroxylation is 1. The van der Waals surface area contributed by atoms with Crippen LogP contribution in [0.4, 0.5) is 5.69 Å². The van der Waals surface area contributed by atoms with E-state index in [0.717, 1.165) is 4.47 Å². The van der Waals surface area contributed by atoms with Gasteiger partial charge in [0.25, 0.3) is 11.5 Å². The number of anilines is 1. The Kier molecular flexibility index (Phi) is 5.97. The van der Waals surface area contributed by atoms with E-state index < -0.39 is 11.9 Å². The summed E-state index contributed by atoms with van der Waals surface area (Å²) in [6.45, 7) is -0.382. The van der Waals surface area contributed by atoms with Gasteiger partial charge in [0.2, 0.25) is 0 Å². The molecule has 3 aromatic rings. The number of hydrogen-bond acceptors (Lipinski definition) is 5. The smallest absolute Gasteiger partial charge is 0.306 e. The summed E-state index contributed by atoms with van der Waals surface area (Å²) in [5.41, 5.74) is 0.916. The average molecular weight is 430 g/mol. The number of aromatic nitrogens is 2. The van der Waals surface area contributed by atoms with E-state index in [4.69, 9.17) is 4.74 Å². The Balaban J connectivity index is 1.50. The maximum atomic E-state index is 12.0. The molecule has 1 amide bonds. The van der Waals surface area contributed by atoms with E-state index in [1.54, 1.807) is 42.5 Å². The zero-order valence-corrected chi connectivity index (χ0v) is 15.8. The Morgan fingerprint density at radius 3 is 2.78 bits per heavy atom. The summed E-state index contributed by atoms with van der Waals surface area (Å²) in [6.07, 6.45) is 0.220. The molecule has 2 N–H and O–H groups in total. The fourth-order valence-electron chi connectivity index (χ4n) is 2.46. The predicted molar refractivity (Wildman–Crippen MR) is 104 cm³/mol. The molecule has 7 nitrogen and oxygen atoms in total. The van der Waals surface area contributed by atoms with Crippen molar-refractivity contribution in [2.45, 2.75) is 12.8 Å². The van der Waals surface area contributed by atoms with Crippen molar-refractivity contribution in [2.75, 3.05) is 11.9 Å². The standard InChI is InChI=1S/C19H16BrN3O4/c20-12-4-3-5-13(10-12)21-17(24)11-27-18(25)9-8-16-22-15-7-2-1-6-14(15)19(26)23-16/h1-7,10H,8-9,11H2,(H,21,24)(H,22,23,26). The van der Waals surface area contributed by atoms with Gasteiger partial charge in [-0.2, -0.15) is 0 Å². The lowest BCUT2D eigenvalue weighted by molar-refractivity contribution is -0.147.